The molecule has 0 spiro atoms. The number of hydrogen-bond acceptors (Lipinski definition) is 5. The van der Waals surface area contributed by atoms with Gasteiger partial charge < -0.3 is 19.3 Å². The van der Waals surface area contributed by atoms with E-state index < -0.39 is 0 Å². The van der Waals surface area contributed by atoms with E-state index in [1.54, 1.807) is 19.2 Å². The fourth-order valence-corrected chi connectivity index (χ4v) is 3.39. The molecule has 0 unspecified atom stereocenters. The van der Waals surface area contributed by atoms with E-state index in [2.05, 4.69) is 16.8 Å². The molecular formula is C22H28N2O3. The van der Waals surface area contributed by atoms with E-state index in [0.29, 0.717) is 12.2 Å². The van der Waals surface area contributed by atoms with Gasteiger partial charge in [0.2, 0.25) is 0 Å². The molecule has 5 heteroatoms. The minimum absolute atomic E-state index is 0.599. The summed E-state index contributed by atoms with van der Waals surface area (Å²) < 4.78 is 10.8. The van der Waals surface area contributed by atoms with E-state index >= 15 is 0 Å². The smallest absolute Gasteiger partial charge is 0.150 e. The molecule has 0 amide bonds. The highest BCUT2D eigenvalue weighted by Gasteiger charge is 2.19. The van der Waals surface area contributed by atoms with Gasteiger partial charge in [-0.25, -0.2) is 0 Å². The molecule has 1 saturated heterocycles. The average Bonchev–Trinajstić information content (AvgIpc) is 2.74. The molecule has 0 saturated carbocycles. The number of carbonyl (C=O) groups excluding carboxylic acids is 1. The molecule has 144 valence electrons. The molecule has 2 aliphatic heterocycles. The zero-order valence-corrected chi connectivity index (χ0v) is 16.2. The molecule has 4 rings (SSSR count). The van der Waals surface area contributed by atoms with E-state index in [0.717, 1.165) is 35.7 Å². The Morgan fingerprint density at radius 3 is 2.33 bits per heavy atom. The predicted molar refractivity (Wildman–Crippen MR) is 109 cm³/mol. The van der Waals surface area contributed by atoms with Crippen LogP contribution in [0.1, 0.15) is 29.6 Å². The van der Waals surface area contributed by atoms with Crippen LogP contribution in [0.4, 0.5) is 11.4 Å². The SMILES string of the molecule is CN1CCCCC1.COc1ccc(N2CCOc3cc(C=O)ccc32)cc1. The first kappa shape index (κ1) is 19.2. The van der Waals surface area contributed by atoms with Crippen LogP contribution in [0.5, 0.6) is 11.5 Å². The maximum absolute atomic E-state index is 10.8. The second-order valence-electron chi connectivity index (χ2n) is 6.91. The standard InChI is InChI=1S/C16H15NO3.C6H13N/c1-19-14-5-3-13(4-6-14)17-8-9-20-16-10-12(11-18)2-7-15(16)17;1-7-5-3-2-4-6-7/h2-7,10-11H,8-9H2,1H3;2-6H2,1H3. The largest absolute Gasteiger partial charge is 0.497 e. The van der Waals surface area contributed by atoms with Crippen LogP contribution in [-0.2, 0) is 0 Å². The summed E-state index contributed by atoms with van der Waals surface area (Å²) in [7, 11) is 3.85. The van der Waals surface area contributed by atoms with Crippen LogP contribution < -0.4 is 14.4 Å². The van der Waals surface area contributed by atoms with Gasteiger partial charge in [0.25, 0.3) is 0 Å². The molecule has 5 nitrogen and oxygen atoms in total. The van der Waals surface area contributed by atoms with Crippen molar-refractivity contribution < 1.29 is 14.3 Å². The normalized spacial score (nSPS) is 16.4. The van der Waals surface area contributed by atoms with E-state index in [1.165, 1.54) is 32.4 Å². The number of carbonyl (C=O) groups is 1. The number of aldehydes is 1. The van der Waals surface area contributed by atoms with Crippen molar-refractivity contribution in [2.45, 2.75) is 19.3 Å². The third kappa shape index (κ3) is 5.01. The number of piperidine rings is 1. The number of rotatable bonds is 3. The Morgan fingerprint density at radius 2 is 1.74 bits per heavy atom. The molecule has 2 aliphatic rings. The Balaban J connectivity index is 0.000000253. The van der Waals surface area contributed by atoms with Gasteiger partial charge in [0, 0.05) is 11.3 Å². The van der Waals surface area contributed by atoms with Gasteiger partial charge in [-0.3, -0.25) is 4.79 Å². The van der Waals surface area contributed by atoms with Crippen molar-refractivity contribution in [3.63, 3.8) is 0 Å². The predicted octanol–water partition coefficient (Wildman–Crippen LogP) is 4.14. The lowest BCUT2D eigenvalue weighted by Gasteiger charge is -2.31. The summed E-state index contributed by atoms with van der Waals surface area (Å²) in [4.78, 5) is 15.4. The van der Waals surface area contributed by atoms with Crippen LogP contribution in [0.15, 0.2) is 42.5 Å². The van der Waals surface area contributed by atoms with Gasteiger partial charge >= 0.3 is 0 Å². The third-order valence-electron chi connectivity index (χ3n) is 4.95. The molecule has 0 aromatic heterocycles. The number of hydrogen-bond donors (Lipinski definition) is 0. The lowest BCUT2D eigenvalue weighted by atomic mass is 10.1. The molecule has 27 heavy (non-hydrogen) atoms. The fraction of sp³-hybridized carbons (Fsp3) is 0.409. The monoisotopic (exact) mass is 368 g/mol. The molecule has 0 radical (unpaired) electrons. The summed E-state index contributed by atoms with van der Waals surface area (Å²) in [6, 6.07) is 13.4. The van der Waals surface area contributed by atoms with Crippen LogP contribution in [0, 0.1) is 0 Å². The first-order valence-corrected chi connectivity index (χ1v) is 9.53. The molecule has 2 aromatic carbocycles. The highest BCUT2D eigenvalue weighted by molar-refractivity contribution is 5.80. The van der Waals surface area contributed by atoms with E-state index in [4.69, 9.17) is 9.47 Å². The number of benzene rings is 2. The number of nitrogens with zero attached hydrogens (tertiary/aromatic N) is 2. The highest BCUT2D eigenvalue weighted by Crippen LogP contribution is 2.37. The highest BCUT2D eigenvalue weighted by atomic mass is 16.5. The molecule has 0 atom stereocenters. The van der Waals surface area contributed by atoms with Crippen LogP contribution in [-0.4, -0.2) is 51.6 Å². The minimum Gasteiger partial charge on any atom is -0.497 e. The van der Waals surface area contributed by atoms with Crippen molar-refractivity contribution in [2.24, 2.45) is 0 Å². The van der Waals surface area contributed by atoms with Crippen LogP contribution in [0.3, 0.4) is 0 Å². The van der Waals surface area contributed by atoms with E-state index in [1.807, 2.05) is 30.3 Å². The molecule has 2 heterocycles. The van der Waals surface area contributed by atoms with Crippen molar-refractivity contribution in [1.82, 2.24) is 4.90 Å². The van der Waals surface area contributed by atoms with Crippen molar-refractivity contribution in [3.05, 3.63) is 48.0 Å². The van der Waals surface area contributed by atoms with Gasteiger partial charge in [-0.15, -0.1) is 0 Å². The first-order chi connectivity index (χ1) is 13.2. The van der Waals surface area contributed by atoms with E-state index in [9.17, 15) is 4.79 Å². The maximum atomic E-state index is 10.8. The molecule has 1 fully saturated rings. The summed E-state index contributed by atoms with van der Waals surface area (Å²) >= 11 is 0. The number of anilines is 2. The third-order valence-corrected chi connectivity index (χ3v) is 4.95. The maximum Gasteiger partial charge on any atom is 0.150 e. The second-order valence-corrected chi connectivity index (χ2v) is 6.91. The zero-order valence-electron chi connectivity index (χ0n) is 16.2. The van der Waals surface area contributed by atoms with E-state index in [-0.39, 0.29) is 0 Å². The van der Waals surface area contributed by atoms with Gasteiger partial charge in [-0.05, 0) is 75.4 Å². The first-order valence-electron chi connectivity index (χ1n) is 9.53. The molecule has 2 aromatic rings. The van der Waals surface area contributed by atoms with Crippen molar-refractivity contribution >= 4 is 17.7 Å². The Bertz CT molecular complexity index is 740. The van der Waals surface area contributed by atoms with Crippen LogP contribution >= 0.6 is 0 Å². The van der Waals surface area contributed by atoms with Crippen molar-refractivity contribution in [3.8, 4) is 11.5 Å². The lowest BCUT2D eigenvalue weighted by Crippen LogP contribution is -2.28. The molecule has 0 N–H and O–H groups in total. The Hall–Kier alpha value is -2.53. The van der Waals surface area contributed by atoms with Gasteiger partial charge in [0.1, 0.15) is 24.4 Å². The van der Waals surface area contributed by atoms with Crippen LogP contribution in [0.2, 0.25) is 0 Å². The van der Waals surface area contributed by atoms with Gasteiger partial charge in [-0.2, -0.15) is 0 Å². The summed E-state index contributed by atoms with van der Waals surface area (Å²) in [5.41, 5.74) is 2.68. The van der Waals surface area contributed by atoms with Crippen molar-refractivity contribution in [2.75, 3.05) is 45.3 Å². The van der Waals surface area contributed by atoms with Gasteiger partial charge in [0.05, 0.1) is 19.3 Å². The topological polar surface area (TPSA) is 42.0 Å². The lowest BCUT2D eigenvalue weighted by molar-refractivity contribution is 0.112. The number of ether oxygens (including phenoxy) is 2. The second kappa shape index (κ2) is 9.42. The quantitative estimate of drug-likeness (QED) is 0.762. The summed E-state index contributed by atoms with van der Waals surface area (Å²) in [6.07, 6.45) is 5.10. The Labute approximate surface area is 161 Å². The Kier molecular flexibility index (Phi) is 6.71. The molecule has 0 bridgehead atoms. The van der Waals surface area contributed by atoms with Crippen LogP contribution in [0.25, 0.3) is 0 Å². The fourth-order valence-electron chi connectivity index (χ4n) is 3.39. The summed E-state index contributed by atoms with van der Waals surface area (Å²) in [5.74, 6) is 1.58. The van der Waals surface area contributed by atoms with Gasteiger partial charge in [0.15, 0.2) is 0 Å². The zero-order chi connectivity index (χ0) is 19.1. The van der Waals surface area contributed by atoms with Gasteiger partial charge in [-0.1, -0.05) is 6.42 Å². The minimum atomic E-state index is 0.599. The average molecular weight is 368 g/mol. The molecule has 0 aliphatic carbocycles. The number of fused-ring (bicyclic) bond motifs is 1. The summed E-state index contributed by atoms with van der Waals surface area (Å²) in [5, 5.41) is 0. The number of methoxy groups -OCH3 is 1. The molecular weight excluding hydrogens is 340 g/mol. The summed E-state index contributed by atoms with van der Waals surface area (Å²) in [6.45, 7) is 4.01. The van der Waals surface area contributed by atoms with Crippen molar-refractivity contribution in [1.29, 1.82) is 0 Å². The number of likely N-dealkylation sites (tertiary alicyclic amines) is 1. The Morgan fingerprint density at radius 1 is 1.00 bits per heavy atom.